The Labute approximate surface area is 206 Å². The zero-order valence-corrected chi connectivity index (χ0v) is 19.7. The second-order valence-corrected chi connectivity index (χ2v) is 7.90. The summed E-state index contributed by atoms with van der Waals surface area (Å²) in [6, 6.07) is 21.5. The second-order valence-electron chi connectivity index (χ2n) is 7.47. The molecule has 3 aromatic carbocycles. The van der Waals surface area contributed by atoms with Gasteiger partial charge in [0, 0.05) is 16.1 Å². The number of carbonyl (C=O) groups excluding carboxylic acids is 1. The molecule has 0 saturated carbocycles. The van der Waals surface area contributed by atoms with Crippen molar-refractivity contribution in [1.82, 2.24) is 15.4 Å². The van der Waals surface area contributed by atoms with Gasteiger partial charge in [-0.25, -0.2) is 24.6 Å². The lowest BCUT2D eigenvalue weighted by Crippen LogP contribution is -2.26. The molecule has 0 aliphatic heterocycles. The topological polar surface area (TPSA) is 88.5 Å². The summed E-state index contributed by atoms with van der Waals surface area (Å²) < 4.78 is 18.6. The van der Waals surface area contributed by atoms with Gasteiger partial charge in [0.15, 0.2) is 0 Å². The van der Waals surface area contributed by atoms with Crippen LogP contribution in [0.1, 0.15) is 12.5 Å². The van der Waals surface area contributed by atoms with Crippen LogP contribution in [0.25, 0.3) is 22.5 Å². The fourth-order valence-corrected chi connectivity index (χ4v) is 3.33. The highest BCUT2D eigenvalue weighted by atomic mass is 35.5. The highest BCUT2D eigenvalue weighted by Crippen LogP contribution is 2.27. The maximum absolute atomic E-state index is 13.4. The molecule has 176 valence electrons. The Balaban J connectivity index is 1.60. The second kappa shape index (κ2) is 10.8. The van der Waals surface area contributed by atoms with Crippen molar-refractivity contribution in [3.8, 4) is 28.3 Å². The number of benzene rings is 3. The molecule has 2 N–H and O–H groups in total. The smallest absolute Gasteiger partial charge is 0.342 e. The Morgan fingerprint density at radius 2 is 1.49 bits per heavy atom. The number of methoxy groups -OCH3 is 1. The summed E-state index contributed by atoms with van der Waals surface area (Å²) in [6.07, 6.45) is 0. The molecule has 4 aromatic rings. The van der Waals surface area contributed by atoms with Crippen molar-refractivity contribution in [3.63, 3.8) is 0 Å². The number of carbonyl (C=O) groups is 1. The fourth-order valence-electron chi connectivity index (χ4n) is 3.20. The molecule has 0 atom stereocenters. The van der Waals surface area contributed by atoms with Gasteiger partial charge >= 0.3 is 6.03 Å². The van der Waals surface area contributed by atoms with Crippen molar-refractivity contribution in [2.75, 3.05) is 12.4 Å². The standard InChI is InChI=1S/C26H21ClFN5O2/c1-16(17-3-9-20(27)10-4-17)32-33-26(34)31-25-29-23(18-5-11-21(28)12-6-18)15-24(30-25)19-7-13-22(35-2)14-8-19/h3-15H,1-2H3,(H2,29,30,31,33,34)/b32-16-. The summed E-state index contributed by atoms with van der Waals surface area (Å²) >= 11 is 5.91. The van der Waals surface area contributed by atoms with E-state index in [-0.39, 0.29) is 11.8 Å². The van der Waals surface area contributed by atoms with Gasteiger partial charge in [0.25, 0.3) is 0 Å². The van der Waals surface area contributed by atoms with E-state index in [0.717, 1.165) is 11.1 Å². The molecule has 9 heteroatoms. The molecule has 0 radical (unpaired) electrons. The normalized spacial score (nSPS) is 11.1. The van der Waals surface area contributed by atoms with Gasteiger partial charge in [0.1, 0.15) is 11.6 Å². The number of halogens is 2. The van der Waals surface area contributed by atoms with Crippen LogP contribution in [0.5, 0.6) is 5.75 Å². The maximum atomic E-state index is 13.4. The van der Waals surface area contributed by atoms with Crippen molar-refractivity contribution >= 4 is 29.3 Å². The van der Waals surface area contributed by atoms with Crippen LogP contribution in [0, 0.1) is 5.82 Å². The van der Waals surface area contributed by atoms with E-state index in [0.29, 0.717) is 33.4 Å². The van der Waals surface area contributed by atoms with E-state index in [4.69, 9.17) is 16.3 Å². The molecule has 1 heterocycles. The minimum Gasteiger partial charge on any atom is -0.497 e. The summed E-state index contributed by atoms with van der Waals surface area (Å²) in [7, 11) is 1.59. The maximum Gasteiger partial charge on any atom is 0.342 e. The molecule has 0 aliphatic rings. The lowest BCUT2D eigenvalue weighted by Gasteiger charge is -2.10. The molecule has 0 saturated heterocycles. The van der Waals surface area contributed by atoms with Crippen molar-refractivity contribution in [2.45, 2.75) is 6.92 Å². The average Bonchev–Trinajstić information content (AvgIpc) is 2.88. The van der Waals surface area contributed by atoms with Gasteiger partial charge in [-0.05, 0) is 79.2 Å². The molecule has 2 amide bonds. The number of nitrogens with one attached hydrogen (secondary N) is 2. The highest BCUT2D eigenvalue weighted by Gasteiger charge is 2.12. The molecule has 0 spiro atoms. The number of ether oxygens (including phenoxy) is 1. The average molecular weight is 490 g/mol. The van der Waals surface area contributed by atoms with Gasteiger partial charge < -0.3 is 4.74 Å². The molecule has 0 unspecified atom stereocenters. The first kappa shape index (κ1) is 23.8. The first-order chi connectivity index (χ1) is 16.9. The van der Waals surface area contributed by atoms with Crippen molar-refractivity contribution in [1.29, 1.82) is 0 Å². The number of amides is 2. The molecular formula is C26H21ClFN5O2. The van der Waals surface area contributed by atoms with E-state index >= 15 is 0 Å². The summed E-state index contributed by atoms with van der Waals surface area (Å²) in [4.78, 5) is 21.4. The van der Waals surface area contributed by atoms with Gasteiger partial charge in [-0.3, -0.25) is 5.32 Å². The first-order valence-electron chi connectivity index (χ1n) is 10.6. The van der Waals surface area contributed by atoms with Crippen LogP contribution in [0.4, 0.5) is 15.1 Å². The van der Waals surface area contributed by atoms with Crippen LogP contribution in [-0.4, -0.2) is 28.8 Å². The Hall–Kier alpha value is -4.30. The zero-order valence-electron chi connectivity index (χ0n) is 18.9. The minimum atomic E-state index is -0.616. The van der Waals surface area contributed by atoms with Crippen LogP contribution < -0.4 is 15.5 Å². The monoisotopic (exact) mass is 489 g/mol. The van der Waals surface area contributed by atoms with Crippen LogP contribution in [-0.2, 0) is 0 Å². The SMILES string of the molecule is COc1ccc(-c2cc(-c3ccc(F)cc3)nc(NC(=O)N/N=C(/C)c3ccc(Cl)cc3)n2)cc1. The third-order valence-electron chi connectivity index (χ3n) is 5.06. The number of hydrazone groups is 1. The van der Waals surface area contributed by atoms with Crippen molar-refractivity contribution < 1.29 is 13.9 Å². The largest absolute Gasteiger partial charge is 0.497 e. The molecule has 0 bridgehead atoms. The minimum absolute atomic E-state index is 0.0643. The lowest BCUT2D eigenvalue weighted by molar-refractivity contribution is 0.252. The molecule has 4 rings (SSSR count). The number of hydrogen-bond donors (Lipinski definition) is 2. The van der Waals surface area contributed by atoms with Crippen LogP contribution in [0.15, 0.2) is 84.0 Å². The van der Waals surface area contributed by atoms with Crippen LogP contribution >= 0.6 is 11.6 Å². The molecule has 35 heavy (non-hydrogen) atoms. The van der Waals surface area contributed by atoms with E-state index in [9.17, 15) is 9.18 Å². The number of aromatic nitrogens is 2. The van der Waals surface area contributed by atoms with Gasteiger partial charge in [0.2, 0.25) is 5.95 Å². The molecule has 0 fully saturated rings. The zero-order chi connectivity index (χ0) is 24.8. The highest BCUT2D eigenvalue weighted by molar-refractivity contribution is 6.30. The van der Waals surface area contributed by atoms with Gasteiger partial charge in [-0.2, -0.15) is 5.10 Å². The lowest BCUT2D eigenvalue weighted by atomic mass is 10.1. The van der Waals surface area contributed by atoms with Crippen molar-refractivity contribution in [2.24, 2.45) is 5.10 Å². The quantitative estimate of drug-likeness (QED) is 0.251. The molecule has 1 aromatic heterocycles. The summed E-state index contributed by atoms with van der Waals surface area (Å²) in [5, 5.41) is 7.33. The number of nitrogens with zero attached hydrogens (tertiary/aromatic N) is 3. The number of rotatable bonds is 6. The number of hydrogen-bond acceptors (Lipinski definition) is 5. The Morgan fingerprint density at radius 3 is 2.06 bits per heavy atom. The molecule has 7 nitrogen and oxygen atoms in total. The first-order valence-corrected chi connectivity index (χ1v) is 11.0. The third kappa shape index (κ3) is 6.18. The van der Waals surface area contributed by atoms with Gasteiger partial charge in [-0.1, -0.05) is 23.7 Å². The van der Waals surface area contributed by atoms with E-state index in [1.807, 2.05) is 24.3 Å². The number of anilines is 1. The van der Waals surface area contributed by atoms with Crippen LogP contribution in [0.3, 0.4) is 0 Å². The van der Waals surface area contributed by atoms with E-state index < -0.39 is 6.03 Å². The predicted octanol–water partition coefficient (Wildman–Crippen LogP) is 6.16. The van der Waals surface area contributed by atoms with Gasteiger partial charge in [0.05, 0.1) is 24.2 Å². The Kier molecular flexibility index (Phi) is 7.32. The van der Waals surface area contributed by atoms with E-state index in [1.54, 1.807) is 56.5 Å². The summed E-state index contributed by atoms with van der Waals surface area (Å²) in [6.45, 7) is 1.76. The summed E-state index contributed by atoms with van der Waals surface area (Å²) in [5.74, 6) is 0.410. The van der Waals surface area contributed by atoms with Crippen molar-refractivity contribution in [3.05, 3.63) is 95.3 Å². The molecular weight excluding hydrogens is 469 g/mol. The van der Waals surface area contributed by atoms with E-state index in [2.05, 4.69) is 25.8 Å². The number of urea groups is 1. The fraction of sp³-hybridized carbons (Fsp3) is 0.0769. The Bertz CT molecular complexity index is 1360. The summed E-state index contributed by atoms with van der Waals surface area (Å²) in [5.41, 5.74) is 6.39. The van der Waals surface area contributed by atoms with Crippen LogP contribution in [0.2, 0.25) is 5.02 Å². The van der Waals surface area contributed by atoms with E-state index in [1.165, 1.54) is 12.1 Å². The Morgan fingerprint density at radius 1 is 0.914 bits per heavy atom. The molecule has 0 aliphatic carbocycles. The predicted molar refractivity (Wildman–Crippen MR) is 135 cm³/mol. The third-order valence-corrected chi connectivity index (χ3v) is 5.32. The van der Waals surface area contributed by atoms with Gasteiger partial charge in [-0.15, -0.1) is 0 Å².